The highest BCUT2D eigenvalue weighted by molar-refractivity contribution is 6.34. The molecule has 1 rings (SSSR count). The fraction of sp³-hybridized carbons (Fsp3) is 0.222. The van der Waals surface area contributed by atoms with Gasteiger partial charge in [-0.15, -0.1) is 0 Å². The van der Waals surface area contributed by atoms with Crippen molar-refractivity contribution in [3.05, 3.63) is 28.8 Å². The highest BCUT2D eigenvalue weighted by Gasteiger charge is 2.10. The molecule has 0 amide bonds. The van der Waals surface area contributed by atoms with Crippen molar-refractivity contribution in [1.82, 2.24) is 0 Å². The van der Waals surface area contributed by atoms with Gasteiger partial charge in [0, 0.05) is 0 Å². The first-order chi connectivity index (χ1) is 5.66. The van der Waals surface area contributed by atoms with E-state index in [1.54, 1.807) is 18.2 Å². The molecule has 0 radical (unpaired) electrons. The number of carbonyl (C=O) groups excluding carboxylic acids is 1. The maximum atomic E-state index is 11.1. The molecule has 0 saturated heterocycles. The van der Waals surface area contributed by atoms with E-state index in [4.69, 9.17) is 16.3 Å². The lowest BCUT2D eigenvalue weighted by Crippen LogP contribution is -1.97. The van der Waals surface area contributed by atoms with Crippen LogP contribution in [0.4, 0.5) is 0 Å². The number of hydrogen-bond acceptors (Lipinski definition) is 2. The number of Topliss-reactive ketones (excluding diaryl/α,β-unsaturated/α-hetero) is 1. The van der Waals surface area contributed by atoms with Gasteiger partial charge < -0.3 is 4.74 Å². The average molecular weight is 185 g/mol. The number of carbonyl (C=O) groups is 1. The van der Waals surface area contributed by atoms with Crippen molar-refractivity contribution < 1.29 is 9.53 Å². The smallest absolute Gasteiger partial charge is 0.165 e. The predicted octanol–water partition coefficient (Wildman–Crippen LogP) is 2.55. The molecule has 0 unspecified atom stereocenters. The molecule has 0 aliphatic rings. The van der Waals surface area contributed by atoms with E-state index in [2.05, 4.69) is 0 Å². The van der Waals surface area contributed by atoms with Crippen LogP contribution < -0.4 is 4.74 Å². The molecule has 3 heteroatoms. The first-order valence-corrected chi connectivity index (χ1v) is 3.88. The van der Waals surface area contributed by atoms with Crippen molar-refractivity contribution in [2.24, 2.45) is 0 Å². The van der Waals surface area contributed by atoms with Crippen LogP contribution in [-0.2, 0) is 0 Å². The molecular weight excluding hydrogens is 176 g/mol. The standard InChI is InChI=1S/C9H9ClO2/c1-6(11)9-7(10)4-3-5-8(9)12-2/h3-5H,1-2H3. The summed E-state index contributed by atoms with van der Waals surface area (Å²) in [5.74, 6) is 0.437. The molecule has 0 aromatic heterocycles. The van der Waals surface area contributed by atoms with E-state index in [-0.39, 0.29) is 5.78 Å². The van der Waals surface area contributed by atoms with Crippen LogP contribution in [0.3, 0.4) is 0 Å². The van der Waals surface area contributed by atoms with E-state index >= 15 is 0 Å². The third-order valence-electron chi connectivity index (χ3n) is 1.55. The summed E-state index contributed by atoms with van der Waals surface area (Å²) in [4.78, 5) is 11.1. The van der Waals surface area contributed by atoms with E-state index in [9.17, 15) is 4.79 Å². The highest BCUT2D eigenvalue weighted by atomic mass is 35.5. The first-order valence-electron chi connectivity index (χ1n) is 3.50. The maximum Gasteiger partial charge on any atom is 0.165 e. The second kappa shape index (κ2) is 3.59. The van der Waals surface area contributed by atoms with Crippen molar-refractivity contribution in [3.63, 3.8) is 0 Å². The summed E-state index contributed by atoms with van der Waals surface area (Å²) >= 11 is 5.80. The normalized spacial score (nSPS) is 9.58. The van der Waals surface area contributed by atoms with Crippen LogP contribution in [0.2, 0.25) is 5.02 Å². The largest absolute Gasteiger partial charge is 0.496 e. The van der Waals surface area contributed by atoms with E-state index in [1.165, 1.54) is 14.0 Å². The molecule has 2 nitrogen and oxygen atoms in total. The summed E-state index contributed by atoms with van der Waals surface area (Å²) in [6, 6.07) is 5.12. The van der Waals surface area contributed by atoms with E-state index < -0.39 is 0 Å². The van der Waals surface area contributed by atoms with Gasteiger partial charge in [-0.1, -0.05) is 17.7 Å². The van der Waals surface area contributed by atoms with Gasteiger partial charge in [-0.25, -0.2) is 0 Å². The van der Waals surface area contributed by atoms with Gasteiger partial charge in [-0.05, 0) is 19.1 Å². The van der Waals surface area contributed by atoms with E-state index in [0.717, 1.165) is 0 Å². The SMILES string of the molecule is COc1cccc(Cl)c1C(C)=O. The zero-order valence-electron chi connectivity index (χ0n) is 6.93. The summed E-state index contributed by atoms with van der Waals surface area (Å²) in [5.41, 5.74) is 0.446. The minimum absolute atomic E-state index is 0.0857. The Bertz CT molecular complexity index is 307. The van der Waals surface area contributed by atoms with Crippen molar-refractivity contribution in [1.29, 1.82) is 0 Å². The second-order valence-electron chi connectivity index (χ2n) is 2.37. The number of ketones is 1. The third-order valence-corrected chi connectivity index (χ3v) is 1.86. The van der Waals surface area contributed by atoms with E-state index in [1.807, 2.05) is 0 Å². The molecular formula is C9H9ClO2. The minimum atomic E-state index is -0.0857. The molecule has 1 aromatic rings. The Morgan fingerprint density at radius 2 is 2.17 bits per heavy atom. The quantitative estimate of drug-likeness (QED) is 0.661. The summed E-state index contributed by atoms with van der Waals surface area (Å²) in [7, 11) is 1.51. The van der Waals surface area contributed by atoms with Gasteiger partial charge in [-0.3, -0.25) is 4.79 Å². The molecule has 0 heterocycles. The van der Waals surface area contributed by atoms with Crippen LogP contribution in [0, 0.1) is 0 Å². The van der Waals surface area contributed by atoms with Crippen LogP contribution in [0.1, 0.15) is 17.3 Å². The van der Waals surface area contributed by atoms with Crippen molar-refractivity contribution in [3.8, 4) is 5.75 Å². The Balaban J connectivity index is 3.29. The average Bonchev–Trinajstić information content (AvgIpc) is 2.03. The first kappa shape index (κ1) is 9.07. The number of methoxy groups -OCH3 is 1. The molecule has 0 spiro atoms. The molecule has 12 heavy (non-hydrogen) atoms. The van der Waals surface area contributed by atoms with Crippen LogP contribution in [-0.4, -0.2) is 12.9 Å². The number of ether oxygens (including phenoxy) is 1. The summed E-state index contributed by atoms with van der Waals surface area (Å²) in [6.45, 7) is 1.46. The van der Waals surface area contributed by atoms with Crippen LogP contribution in [0.5, 0.6) is 5.75 Å². The highest BCUT2D eigenvalue weighted by Crippen LogP contribution is 2.26. The molecule has 0 aliphatic heterocycles. The number of halogens is 1. The Labute approximate surface area is 76.1 Å². The van der Waals surface area contributed by atoms with Gasteiger partial charge in [0.15, 0.2) is 5.78 Å². The van der Waals surface area contributed by atoms with Crippen LogP contribution >= 0.6 is 11.6 Å². The van der Waals surface area contributed by atoms with Crippen molar-refractivity contribution in [2.45, 2.75) is 6.92 Å². The fourth-order valence-electron chi connectivity index (χ4n) is 1.02. The molecule has 0 bridgehead atoms. The lowest BCUT2D eigenvalue weighted by atomic mass is 10.1. The van der Waals surface area contributed by atoms with Gasteiger partial charge in [0.2, 0.25) is 0 Å². The summed E-state index contributed by atoms with van der Waals surface area (Å²) in [5, 5.41) is 0.432. The Kier molecular flexibility index (Phi) is 2.71. The Hall–Kier alpha value is -1.02. The van der Waals surface area contributed by atoms with Crippen molar-refractivity contribution >= 4 is 17.4 Å². The van der Waals surface area contributed by atoms with Gasteiger partial charge in [0.05, 0.1) is 17.7 Å². The van der Waals surface area contributed by atoms with Gasteiger partial charge >= 0.3 is 0 Å². The number of benzene rings is 1. The van der Waals surface area contributed by atoms with E-state index in [0.29, 0.717) is 16.3 Å². The fourth-order valence-corrected chi connectivity index (χ4v) is 1.32. The monoisotopic (exact) mass is 184 g/mol. The maximum absolute atomic E-state index is 11.1. The van der Waals surface area contributed by atoms with Gasteiger partial charge in [0.1, 0.15) is 5.75 Å². The Morgan fingerprint density at radius 1 is 1.50 bits per heavy atom. The predicted molar refractivity (Wildman–Crippen MR) is 48.0 cm³/mol. The summed E-state index contributed by atoms with van der Waals surface area (Å²) in [6.07, 6.45) is 0. The zero-order chi connectivity index (χ0) is 9.14. The lowest BCUT2D eigenvalue weighted by Gasteiger charge is -2.05. The molecule has 1 aromatic carbocycles. The molecule has 0 saturated carbocycles. The summed E-state index contributed by atoms with van der Waals surface area (Å²) < 4.78 is 4.98. The minimum Gasteiger partial charge on any atom is -0.496 e. The molecule has 0 fully saturated rings. The molecule has 0 N–H and O–H groups in total. The van der Waals surface area contributed by atoms with Crippen LogP contribution in [0.15, 0.2) is 18.2 Å². The third kappa shape index (κ3) is 1.59. The molecule has 0 atom stereocenters. The molecule has 64 valence electrons. The lowest BCUT2D eigenvalue weighted by molar-refractivity contribution is 0.101. The Morgan fingerprint density at radius 3 is 2.58 bits per heavy atom. The number of hydrogen-bond donors (Lipinski definition) is 0. The number of rotatable bonds is 2. The topological polar surface area (TPSA) is 26.3 Å². The second-order valence-corrected chi connectivity index (χ2v) is 2.78. The van der Waals surface area contributed by atoms with Gasteiger partial charge in [0.25, 0.3) is 0 Å². The van der Waals surface area contributed by atoms with Gasteiger partial charge in [-0.2, -0.15) is 0 Å². The van der Waals surface area contributed by atoms with Crippen LogP contribution in [0.25, 0.3) is 0 Å². The zero-order valence-corrected chi connectivity index (χ0v) is 7.68. The van der Waals surface area contributed by atoms with Crippen molar-refractivity contribution in [2.75, 3.05) is 7.11 Å². The molecule has 0 aliphatic carbocycles.